The number of ether oxygens (including phenoxy) is 1. The van der Waals surface area contributed by atoms with E-state index >= 15 is 0 Å². The molecule has 1 aromatic carbocycles. The van der Waals surface area contributed by atoms with Gasteiger partial charge in [0.2, 0.25) is 5.91 Å². The summed E-state index contributed by atoms with van der Waals surface area (Å²) in [5.41, 5.74) is 7.00. The summed E-state index contributed by atoms with van der Waals surface area (Å²) in [7, 11) is 1.36. The Morgan fingerprint density at radius 1 is 1.22 bits per heavy atom. The number of hydrogen-bond donors (Lipinski definition) is 2. The third kappa shape index (κ3) is 6.48. The summed E-state index contributed by atoms with van der Waals surface area (Å²) in [5.74, 6) is -0.382. The van der Waals surface area contributed by atoms with Gasteiger partial charge in [-0.2, -0.15) is 0 Å². The summed E-state index contributed by atoms with van der Waals surface area (Å²) in [6.45, 7) is 3.92. The van der Waals surface area contributed by atoms with Crippen LogP contribution in [-0.2, 0) is 20.7 Å². The van der Waals surface area contributed by atoms with Gasteiger partial charge in [0, 0.05) is 17.6 Å². The normalized spacial score (nSPS) is 10.6. The van der Waals surface area contributed by atoms with Crippen LogP contribution in [0, 0.1) is 0 Å². The van der Waals surface area contributed by atoms with E-state index in [-0.39, 0.29) is 30.7 Å². The largest absolute Gasteiger partial charge is 0.469 e. The second kappa shape index (κ2) is 10.1. The molecule has 1 rings (SSSR count). The lowest BCUT2D eigenvalue weighted by Crippen LogP contribution is -2.49. The minimum atomic E-state index is -0.535. The van der Waals surface area contributed by atoms with Crippen molar-refractivity contribution >= 4 is 30.0 Å². The summed E-state index contributed by atoms with van der Waals surface area (Å²) in [5, 5.41) is 3.00. The van der Waals surface area contributed by atoms with Gasteiger partial charge in [-0.25, -0.2) is 0 Å². The summed E-state index contributed by atoms with van der Waals surface area (Å²) in [4.78, 5) is 23.8. The Hall–Kier alpha value is -1.75. The molecule has 130 valence electrons. The molecule has 1 aromatic rings. The molecular formula is C17H27ClN2O3. The summed E-state index contributed by atoms with van der Waals surface area (Å²) >= 11 is 0. The van der Waals surface area contributed by atoms with Crippen LogP contribution >= 0.6 is 12.4 Å². The number of rotatable bonds is 8. The summed E-state index contributed by atoms with van der Waals surface area (Å²) in [6, 6.07) is 7.52. The number of carbonyl (C=O) groups excluding carboxylic acids is 2. The van der Waals surface area contributed by atoms with Crippen molar-refractivity contribution in [2.45, 2.75) is 51.5 Å². The van der Waals surface area contributed by atoms with Gasteiger partial charge in [0.05, 0.1) is 13.5 Å². The van der Waals surface area contributed by atoms with Gasteiger partial charge in [-0.3, -0.25) is 9.59 Å². The molecule has 3 N–H and O–H groups in total. The number of anilines is 1. The predicted molar refractivity (Wildman–Crippen MR) is 94.5 cm³/mol. The van der Waals surface area contributed by atoms with Crippen molar-refractivity contribution in [3.05, 3.63) is 29.8 Å². The van der Waals surface area contributed by atoms with Crippen molar-refractivity contribution in [2.24, 2.45) is 0 Å². The number of nitrogen functional groups attached to an aromatic ring is 1. The van der Waals surface area contributed by atoms with Gasteiger partial charge in [0.1, 0.15) is 0 Å². The predicted octanol–water partition coefficient (Wildman–Crippen LogP) is 2.86. The second-order valence-electron chi connectivity index (χ2n) is 5.49. The minimum Gasteiger partial charge on any atom is -0.469 e. The van der Waals surface area contributed by atoms with Crippen LogP contribution in [0.1, 0.15) is 45.1 Å². The SMILES string of the molecule is CCC(CC)(CC(=O)OC)NC(=O)CCc1ccccc1N.Cl. The zero-order valence-electron chi connectivity index (χ0n) is 14.1. The molecular weight excluding hydrogens is 316 g/mol. The summed E-state index contributed by atoms with van der Waals surface area (Å²) < 4.78 is 4.73. The number of carbonyl (C=O) groups is 2. The van der Waals surface area contributed by atoms with E-state index in [0.29, 0.717) is 31.4 Å². The molecule has 1 amide bonds. The molecule has 0 atom stereocenters. The topological polar surface area (TPSA) is 81.4 Å². The first-order chi connectivity index (χ1) is 10.5. The Labute approximate surface area is 144 Å². The third-order valence-corrected chi connectivity index (χ3v) is 4.15. The van der Waals surface area contributed by atoms with Crippen LogP contribution in [0.15, 0.2) is 24.3 Å². The lowest BCUT2D eigenvalue weighted by atomic mass is 9.88. The maximum Gasteiger partial charge on any atom is 0.307 e. The van der Waals surface area contributed by atoms with Gasteiger partial charge in [-0.05, 0) is 30.9 Å². The molecule has 0 unspecified atom stereocenters. The van der Waals surface area contributed by atoms with Crippen molar-refractivity contribution in [2.75, 3.05) is 12.8 Å². The molecule has 0 radical (unpaired) electrons. The maximum absolute atomic E-state index is 12.2. The van der Waals surface area contributed by atoms with Crippen molar-refractivity contribution in [1.82, 2.24) is 5.32 Å². The molecule has 0 saturated heterocycles. The zero-order valence-corrected chi connectivity index (χ0v) is 14.9. The average molecular weight is 343 g/mol. The first-order valence-electron chi connectivity index (χ1n) is 7.67. The van der Waals surface area contributed by atoms with E-state index in [1.165, 1.54) is 7.11 Å². The number of aryl methyl sites for hydroxylation is 1. The molecule has 5 nitrogen and oxygen atoms in total. The Kier molecular flexibility index (Phi) is 9.34. The van der Waals surface area contributed by atoms with Crippen molar-refractivity contribution < 1.29 is 14.3 Å². The van der Waals surface area contributed by atoms with Crippen LogP contribution < -0.4 is 11.1 Å². The monoisotopic (exact) mass is 342 g/mol. The van der Waals surface area contributed by atoms with E-state index in [4.69, 9.17) is 10.5 Å². The van der Waals surface area contributed by atoms with E-state index in [0.717, 1.165) is 5.56 Å². The fourth-order valence-corrected chi connectivity index (χ4v) is 2.44. The van der Waals surface area contributed by atoms with E-state index in [1.807, 2.05) is 38.1 Å². The van der Waals surface area contributed by atoms with Crippen LogP contribution in [-0.4, -0.2) is 24.5 Å². The number of nitrogens with two attached hydrogens (primary N) is 1. The Morgan fingerprint density at radius 3 is 2.35 bits per heavy atom. The number of methoxy groups -OCH3 is 1. The van der Waals surface area contributed by atoms with Crippen molar-refractivity contribution in [1.29, 1.82) is 0 Å². The Morgan fingerprint density at radius 2 is 1.83 bits per heavy atom. The van der Waals surface area contributed by atoms with Crippen molar-refractivity contribution in [3.8, 4) is 0 Å². The molecule has 0 fully saturated rings. The first-order valence-corrected chi connectivity index (χ1v) is 7.67. The molecule has 0 aromatic heterocycles. The maximum atomic E-state index is 12.2. The fraction of sp³-hybridized carbons (Fsp3) is 0.529. The molecule has 0 aliphatic heterocycles. The number of nitrogens with one attached hydrogen (secondary N) is 1. The van der Waals surface area contributed by atoms with Gasteiger partial charge in [0.15, 0.2) is 0 Å². The highest BCUT2D eigenvalue weighted by Crippen LogP contribution is 2.21. The van der Waals surface area contributed by atoms with E-state index < -0.39 is 5.54 Å². The van der Waals surface area contributed by atoms with Gasteiger partial charge in [-0.15, -0.1) is 12.4 Å². The number of benzene rings is 1. The number of halogens is 1. The molecule has 0 bridgehead atoms. The minimum absolute atomic E-state index is 0. The fourth-order valence-electron chi connectivity index (χ4n) is 2.44. The highest BCUT2D eigenvalue weighted by atomic mass is 35.5. The summed E-state index contributed by atoms with van der Waals surface area (Å²) in [6.07, 6.45) is 2.47. The van der Waals surface area contributed by atoms with Crippen LogP contribution in [0.2, 0.25) is 0 Å². The third-order valence-electron chi connectivity index (χ3n) is 4.15. The van der Waals surface area contributed by atoms with Crippen molar-refractivity contribution in [3.63, 3.8) is 0 Å². The molecule has 23 heavy (non-hydrogen) atoms. The first kappa shape index (κ1) is 21.2. The van der Waals surface area contributed by atoms with Crippen LogP contribution in [0.4, 0.5) is 5.69 Å². The molecule has 0 saturated carbocycles. The Bertz CT molecular complexity index is 516. The number of esters is 1. The van der Waals surface area contributed by atoms with Gasteiger partial charge in [-0.1, -0.05) is 32.0 Å². The molecule has 6 heteroatoms. The number of amides is 1. The molecule has 0 heterocycles. The van der Waals surface area contributed by atoms with Crippen LogP contribution in [0.25, 0.3) is 0 Å². The van der Waals surface area contributed by atoms with Gasteiger partial charge in [0.25, 0.3) is 0 Å². The van der Waals surface area contributed by atoms with E-state index in [9.17, 15) is 9.59 Å². The van der Waals surface area contributed by atoms with Crippen LogP contribution in [0.3, 0.4) is 0 Å². The zero-order chi connectivity index (χ0) is 16.6. The Balaban J connectivity index is 0.00000484. The lowest BCUT2D eigenvalue weighted by molar-refractivity contribution is -0.142. The lowest BCUT2D eigenvalue weighted by Gasteiger charge is -2.32. The smallest absolute Gasteiger partial charge is 0.307 e. The standard InChI is InChI=1S/C17H26N2O3.ClH/c1-4-17(5-2,12-16(21)22-3)19-15(20)11-10-13-8-6-7-9-14(13)18;/h6-9H,4-5,10-12,18H2,1-3H3,(H,19,20);1H. The van der Waals surface area contributed by atoms with E-state index in [1.54, 1.807) is 0 Å². The molecule has 0 aliphatic rings. The highest BCUT2D eigenvalue weighted by Gasteiger charge is 2.31. The molecule has 0 aliphatic carbocycles. The number of para-hydroxylation sites is 1. The quantitative estimate of drug-likeness (QED) is 0.562. The second-order valence-corrected chi connectivity index (χ2v) is 5.49. The van der Waals surface area contributed by atoms with Gasteiger partial charge >= 0.3 is 5.97 Å². The van der Waals surface area contributed by atoms with Crippen LogP contribution in [0.5, 0.6) is 0 Å². The van der Waals surface area contributed by atoms with E-state index in [2.05, 4.69) is 5.32 Å². The highest BCUT2D eigenvalue weighted by molar-refractivity contribution is 5.85. The molecule has 0 spiro atoms. The number of hydrogen-bond acceptors (Lipinski definition) is 4. The average Bonchev–Trinajstić information content (AvgIpc) is 2.53. The van der Waals surface area contributed by atoms with Gasteiger partial charge < -0.3 is 15.8 Å².